The molecule has 1 aromatic carbocycles. The number of nitrogens with one attached hydrogen (secondary N) is 1. The second-order valence-corrected chi connectivity index (χ2v) is 3.97. The predicted molar refractivity (Wildman–Crippen MR) is 55.7 cm³/mol. The largest absolute Gasteiger partial charge is 1.00 e. The summed E-state index contributed by atoms with van der Waals surface area (Å²) in [6.07, 6.45) is 0. The molecule has 0 aliphatic carbocycles. The molecule has 88 valence electrons. The van der Waals surface area contributed by atoms with Gasteiger partial charge in [0.25, 0.3) is 0 Å². The molecule has 0 aromatic heterocycles. The van der Waals surface area contributed by atoms with E-state index in [1.807, 2.05) is 0 Å². The number of rotatable bonds is 4. The molecule has 0 saturated heterocycles. The first-order valence-electron chi connectivity index (χ1n) is 4.43. The third-order valence-corrected chi connectivity index (χ3v) is 2.10. The fraction of sp³-hybridized carbons (Fsp3) is 0.222. The first kappa shape index (κ1) is 16.4. The van der Waals surface area contributed by atoms with Crippen molar-refractivity contribution < 1.29 is 52.1 Å². The minimum Gasteiger partial charge on any atom is -0.731 e. The Morgan fingerprint density at radius 1 is 1.47 bits per heavy atom. The van der Waals surface area contributed by atoms with Gasteiger partial charge in [-0.15, -0.1) is 0 Å². The zero-order valence-electron chi connectivity index (χ0n) is 9.47. The van der Waals surface area contributed by atoms with E-state index in [9.17, 15) is 17.8 Å². The van der Waals surface area contributed by atoms with Crippen molar-refractivity contribution >= 4 is 22.0 Å². The summed E-state index contributed by atoms with van der Waals surface area (Å²) in [6, 6.07) is 5.49. The summed E-state index contributed by atoms with van der Waals surface area (Å²) in [5.41, 5.74) is 0.205. The Kier molecular flexibility index (Phi) is 6.73. The van der Waals surface area contributed by atoms with Gasteiger partial charge in [-0.25, -0.2) is 13.2 Å². The van der Waals surface area contributed by atoms with Gasteiger partial charge in [0, 0.05) is 5.69 Å². The maximum atomic E-state index is 11.3. The van der Waals surface area contributed by atoms with Crippen molar-refractivity contribution in [3.05, 3.63) is 29.8 Å². The van der Waals surface area contributed by atoms with Crippen molar-refractivity contribution in [2.24, 2.45) is 0 Å². The molecule has 6 nitrogen and oxygen atoms in total. The van der Waals surface area contributed by atoms with Gasteiger partial charge in [-0.2, -0.15) is 0 Å². The number of esters is 1. The van der Waals surface area contributed by atoms with Crippen molar-refractivity contribution in [3.8, 4) is 0 Å². The zero-order valence-corrected chi connectivity index (χ0v) is 12.3. The van der Waals surface area contributed by atoms with Crippen LogP contribution in [0.15, 0.2) is 24.3 Å². The van der Waals surface area contributed by atoms with E-state index in [0.29, 0.717) is 0 Å². The summed E-state index contributed by atoms with van der Waals surface area (Å²) in [7, 11) is -4.58. The molecule has 0 aliphatic rings. The summed E-state index contributed by atoms with van der Waals surface area (Å²) in [5, 5.41) is 0. The third-order valence-electron chi connectivity index (χ3n) is 1.62. The summed E-state index contributed by atoms with van der Waals surface area (Å²) >= 11 is 0. The fourth-order valence-electron chi connectivity index (χ4n) is 1.07. The minimum absolute atomic E-state index is 0. The van der Waals surface area contributed by atoms with Crippen LogP contribution in [0.4, 0.5) is 5.69 Å². The van der Waals surface area contributed by atoms with Crippen LogP contribution in [0.3, 0.4) is 0 Å². The summed E-state index contributed by atoms with van der Waals surface area (Å²) in [5.74, 6) is -0.575. The number of benzene rings is 1. The molecule has 0 amide bonds. The second kappa shape index (κ2) is 6.97. The van der Waals surface area contributed by atoms with E-state index in [-0.39, 0.29) is 47.4 Å². The molecule has 0 aliphatic heterocycles. The molecule has 1 rings (SSSR count). The molecule has 0 fully saturated rings. The second-order valence-electron chi connectivity index (χ2n) is 2.86. The minimum atomic E-state index is -4.58. The molecule has 0 spiro atoms. The smallest absolute Gasteiger partial charge is 0.731 e. The van der Waals surface area contributed by atoms with E-state index in [1.165, 1.54) is 24.3 Å². The average molecular weight is 267 g/mol. The Bertz CT molecular complexity index is 488. The molecule has 8 heteroatoms. The quantitative estimate of drug-likeness (QED) is 0.377. The standard InChI is InChI=1S/C9H11NO5S.Na/c1-2-15-9(11)7-4-3-5-8(6-7)10-16(12,13)14;/h3-6,10H,2H2,1H3,(H,12,13,14);/q;+1/p-1. The first-order chi connectivity index (χ1) is 7.42. The number of ether oxygens (including phenoxy) is 1. The van der Waals surface area contributed by atoms with Gasteiger partial charge in [0.05, 0.1) is 12.2 Å². The van der Waals surface area contributed by atoms with Crippen LogP contribution in [0.5, 0.6) is 0 Å². The Hall–Kier alpha value is -0.600. The number of carbonyl (C=O) groups is 1. The molecule has 1 N–H and O–H groups in total. The molecule has 0 saturated carbocycles. The van der Waals surface area contributed by atoms with Crippen LogP contribution in [0.1, 0.15) is 17.3 Å². The van der Waals surface area contributed by atoms with Crippen LogP contribution in [-0.2, 0) is 15.0 Å². The van der Waals surface area contributed by atoms with Crippen molar-refractivity contribution in [1.82, 2.24) is 0 Å². The van der Waals surface area contributed by atoms with Crippen LogP contribution < -0.4 is 34.3 Å². The van der Waals surface area contributed by atoms with Gasteiger partial charge in [-0.1, -0.05) is 6.07 Å². The van der Waals surface area contributed by atoms with Crippen LogP contribution in [-0.4, -0.2) is 25.5 Å². The van der Waals surface area contributed by atoms with Crippen LogP contribution in [0.25, 0.3) is 0 Å². The number of anilines is 1. The van der Waals surface area contributed by atoms with E-state index < -0.39 is 16.3 Å². The normalized spacial score (nSPS) is 10.2. The summed E-state index contributed by atoms with van der Waals surface area (Å²) < 4.78 is 37.7. The van der Waals surface area contributed by atoms with Crippen LogP contribution >= 0.6 is 0 Å². The van der Waals surface area contributed by atoms with Gasteiger partial charge in [-0.3, -0.25) is 4.72 Å². The van der Waals surface area contributed by atoms with Crippen LogP contribution in [0.2, 0.25) is 0 Å². The maximum Gasteiger partial charge on any atom is 1.00 e. The van der Waals surface area contributed by atoms with E-state index in [1.54, 1.807) is 11.6 Å². The van der Waals surface area contributed by atoms with Gasteiger partial charge in [0.15, 0.2) is 10.3 Å². The van der Waals surface area contributed by atoms with Gasteiger partial charge in [-0.05, 0) is 25.1 Å². The molecule has 0 unspecified atom stereocenters. The van der Waals surface area contributed by atoms with Gasteiger partial charge >= 0.3 is 35.5 Å². The average Bonchev–Trinajstić information content (AvgIpc) is 2.16. The topological polar surface area (TPSA) is 95.5 Å². The van der Waals surface area contributed by atoms with Crippen molar-refractivity contribution in [3.63, 3.8) is 0 Å². The zero-order chi connectivity index (χ0) is 12.2. The molecule has 0 radical (unpaired) electrons. The molecule has 17 heavy (non-hydrogen) atoms. The Balaban J connectivity index is 0.00000256. The van der Waals surface area contributed by atoms with Gasteiger partial charge in [0.1, 0.15) is 0 Å². The van der Waals surface area contributed by atoms with E-state index in [2.05, 4.69) is 0 Å². The van der Waals surface area contributed by atoms with Crippen molar-refractivity contribution in [1.29, 1.82) is 0 Å². The molecule has 1 aromatic rings. The molecule has 0 atom stereocenters. The summed E-state index contributed by atoms with van der Waals surface area (Å²) in [4.78, 5) is 11.3. The Morgan fingerprint density at radius 3 is 2.65 bits per heavy atom. The fourth-order valence-corrected chi connectivity index (χ4v) is 1.48. The Morgan fingerprint density at radius 2 is 2.12 bits per heavy atom. The number of hydrogen-bond donors (Lipinski definition) is 1. The third kappa shape index (κ3) is 6.04. The Labute approximate surface area is 122 Å². The monoisotopic (exact) mass is 267 g/mol. The first-order valence-corrected chi connectivity index (χ1v) is 5.84. The predicted octanol–water partition coefficient (Wildman–Crippen LogP) is -2.26. The maximum absolute atomic E-state index is 11.3. The van der Waals surface area contributed by atoms with Crippen molar-refractivity contribution in [2.45, 2.75) is 6.92 Å². The van der Waals surface area contributed by atoms with E-state index in [4.69, 9.17) is 4.74 Å². The van der Waals surface area contributed by atoms with Gasteiger partial charge < -0.3 is 9.29 Å². The molecule has 0 bridgehead atoms. The summed E-state index contributed by atoms with van der Waals surface area (Å²) in [6.45, 7) is 1.87. The number of carbonyl (C=O) groups excluding carboxylic acids is 1. The SMILES string of the molecule is CCOC(=O)c1cccc(NS(=O)(=O)[O-])c1.[Na+]. The van der Waals surface area contributed by atoms with Crippen molar-refractivity contribution in [2.75, 3.05) is 11.3 Å². The molecule has 0 heterocycles. The molecular weight excluding hydrogens is 257 g/mol. The van der Waals surface area contributed by atoms with E-state index >= 15 is 0 Å². The van der Waals surface area contributed by atoms with E-state index in [0.717, 1.165) is 0 Å². The van der Waals surface area contributed by atoms with Crippen LogP contribution in [0, 0.1) is 0 Å². The number of hydrogen-bond acceptors (Lipinski definition) is 5. The molecular formula is C9H10NNaO5S. The van der Waals surface area contributed by atoms with Gasteiger partial charge in [0.2, 0.25) is 0 Å².